The van der Waals surface area contributed by atoms with Crippen molar-refractivity contribution in [1.29, 1.82) is 0 Å². The van der Waals surface area contributed by atoms with Crippen LogP contribution in [0.5, 0.6) is 11.5 Å². The zero-order chi connectivity index (χ0) is 21.9. The first kappa shape index (κ1) is 20.5. The predicted molar refractivity (Wildman–Crippen MR) is 117 cm³/mol. The number of hydrogen-bond acceptors (Lipinski definition) is 6. The van der Waals surface area contributed by atoms with Gasteiger partial charge in [0.2, 0.25) is 0 Å². The molecule has 1 unspecified atom stereocenters. The van der Waals surface area contributed by atoms with Crippen LogP contribution in [0.4, 0.5) is 0 Å². The van der Waals surface area contributed by atoms with E-state index in [9.17, 15) is 4.79 Å². The highest BCUT2D eigenvalue weighted by Crippen LogP contribution is 2.39. The number of carbonyl (C=O) groups excluding carboxylic acids is 1. The van der Waals surface area contributed by atoms with Crippen LogP contribution in [0.3, 0.4) is 0 Å². The van der Waals surface area contributed by atoms with E-state index in [1.165, 1.54) is 19.3 Å². The van der Waals surface area contributed by atoms with Crippen molar-refractivity contribution in [2.75, 3.05) is 13.7 Å². The molecule has 1 aromatic heterocycles. The fourth-order valence-electron chi connectivity index (χ4n) is 4.72. The standard InChI is InChI=1S/C24H27N5O3/c1-31-19-13-11-17(12-14-19)15-28-22(30)16-32-21-10-6-5-9-20(21)23(28)24-25-26-27-29(24)18-7-3-2-4-8-18/h5-6,9-14,18,23H,2-4,7-8,15-16H2,1H3. The molecule has 0 saturated heterocycles. The number of rotatable bonds is 5. The Balaban J connectivity index is 1.58. The zero-order valence-corrected chi connectivity index (χ0v) is 18.2. The Kier molecular flexibility index (Phi) is 5.75. The van der Waals surface area contributed by atoms with Crippen molar-refractivity contribution in [3.05, 3.63) is 65.5 Å². The first-order valence-electron chi connectivity index (χ1n) is 11.2. The second-order valence-electron chi connectivity index (χ2n) is 8.37. The molecule has 1 amide bonds. The molecule has 0 radical (unpaired) electrons. The maximum absolute atomic E-state index is 13.3. The van der Waals surface area contributed by atoms with E-state index >= 15 is 0 Å². The summed E-state index contributed by atoms with van der Waals surface area (Å²) in [6, 6.07) is 15.4. The SMILES string of the molecule is COc1ccc(CN2C(=O)COc3ccccc3C2c2nnnn2C2CCCCC2)cc1. The van der Waals surface area contributed by atoms with Gasteiger partial charge in [-0.15, -0.1) is 5.10 Å². The number of ether oxygens (including phenoxy) is 2. The van der Waals surface area contributed by atoms with Crippen LogP contribution in [0, 0.1) is 0 Å². The predicted octanol–water partition coefficient (Wildman–Crippen LogP) is 3.70. The van der Waals surface area contributed by atoms with Crippen LogP contribution in [0.25, 0.3) is 0 Å². The second kappa shape index (κ2) is 8.98. The Bertz CT molecular complexity index is 1080. The number of carbonyl (C=O) groups is 1. The molecule has 1 aliphatic carbocycles. The van der Waals surface area contributed by atoms with E-state index in [2.05, 4.69) is 15.5 Å². The lowest BCUT2D eigenvalue weighted by Crippen LogP contribution is -2.38. The maximum Gasteiger partial charge on any atom is 0.261 e. The van der Waals surface area contributed by atoms with Gasteiger partial charge in [0.05, 0.1) is 13.2 Å². The molecular weight excluding hydrogens is 406 g/mol. The Morgan fingerprint density at radius 1 is 1.06 bits per heavy atom. The van der Waals surface area contributed by atoms with Gasteiger partial charge in [0.1, 0.15) is 17.5 Å². The monoisotopic (exact) mass is 433 g/mol. The van der Waals surface area contributed by atoms with Gasteiger partial charge >= 0.3 is 0 Å². The molecule has 8 nitrogen and oxygen atoms in total. The van der Waals surface area contributed by atoms with Crippen molar-refractivity contribution >= 4 is 5.91 Å². The molecule has 1 atom stereocenters. The number of fused-ring (bicyclic) bond motifs is 1. The Morgan fingerprint density at radius 2 is 1.84 bits per heavy atom. The normalized spacial score (nSPS) is 19.2. The molecule has 1 aliphatic heterocycles. The van der Waals surface area contributed by atoms with Gasteiger partial charge in [-0.05, 0) is 47.0 Å². The van der Waals surface area contributed by atoms with Crippen LogP contribution in [0.2, 0.25) is 0 Å². The highest BCUT2D eigenvalue weighted by atomic mass is 16.5. The van der Waals surface area contributed by atoms with Crippen molar-refractivity contribution in [3.63, 3.8) is 0 Å². The Morgan fingerprint density at radius 3 is 2.62 bits per heavy atom. The van der Waals surface area contributed by atoms with Gasteiger partial charge in [-0.25, -0.2) is 4.68 Å². The molecule has 2 heterocycles. The minimum absolute atomic E-state index is 0.0192. The van der Waals surface area contributed by atoms with Gasteiger partial charge in [-0.3, -0.25) is 4.79 Å². The summed E-state index contributed by atoms with van der Waals surface area (Å²) in [7, 11) is 1.64. The van der Waals surface area contributed by atoms with Crippen LogP contribution in [-0.4, -0.2) is 44.7 Å². The van der Waals surface area contributed by atoms with E-state index in [-0.39, 0.29) is 18.6 Å². The summed E-state index contributed by atoms with van der Waals surface area (Å²) >= 11 is 0. The van der Waals surface area contributed by atoms with E-state index in [0.29, 0.717) is 18.1 Å². The van der Waals surface area contributed by atoms with Crippen LogP contribution < -0.4 is 9.47 Å². The van der Waals surface area contributed by atoms with Crippen molar-refractivity contribution < 1.29 is 14.3 Å². The summed E-state index contributed by atoms with van der Waals surface area (Å²) in [5, 5.41) is 12.8. The Labute approximate surface area is 187 Å². The average molecular weight is 434 g/mol. The van der Waals surface area contributed by atoms with Crippen molar-refractivity contribution in [1.82, 2.24) is 25.1 Å². The number of tetrazole rings is 1. The van der Waals surface area contributed by atoms with Gasteiger partial charge in [0.25, 0.3) is 5.91 Å². The molecule has 1 saturated carbocycles. The van der Waals surface area contributed by atoms with Crippen LogP contribution in [-0.2, 0) is 11.3 Å². The summed E-state index contributed by atoms with van der Waals surface area (Å²) in [6.07, 6.45) is 5.69. The first-order valence-corrected chi connectivity index (χ1v) is 11.2. The number of amides is 1. The topological polar surface area (TPSA) is 82.4 Å². The fourth-order valence-corrected chi connectivity index (χ4v) is 4.72. The fraction of sp³-hybridized carbons (Fsp3) is 0.417. The summed E-state index contributed by atoms with van der Waals surface area (Å²) in [4.78, 5) is 15.1. The van der Waals surface area contributed by atoms with Crippen LogP contribution >= 0.6 is 0 Å². The number of methoxy groups -OCH3 is 1. The highest BCUT2D eigenvalue weighted by Gasteiger charge is 2.37. The largest absolute Gasteiger partial charge is 0.497 e. The molecule has 2 aliphatic rings. The van der Waals surface area contributed by atoms with Crippen molar-refractivity contribution in [3.8, 4) is 11.5 Å². The zero-order valence-electron chi connectivity index (χ0n) is 18.2. The van der Waals surface area contributed by atoms with Gasteiger partial charge < -0.3 is 14.4 Å². The third kappa shape index (κ3) is 3.92. The quantitative estimate of drug-likeness (QED) is 0.610. The molecule has 1 fully saturated rings. The van der Waals surface area contributed by atoms with Gasteiger partial charge in [-0.2, -0.15) is 0 Å². The first-order chi connectivity index (χ1) is 15.7. The minimum atomic E-state index is -0.430. The molecule has 166 valence electrons. The van der Waals surface area contributed by atoms with E-state index in [4.69, 9.17) is 9.47 Å². The summed E-state index contributed by atoms with van der Waals surface area (Å²) in [6.45, 7) is 0.400. The van der Waals surface area contributed by atoms with Crippen molar-refractivity contribution in [2.24, 2.45) is 0 Å². The molecule has 0 bridgehead atoms. The third-order valence-electron chi connectivity index (χ3n) is 6.39. The minimum Gasteiger partial charge on any atom is -0.497 e. The van der Waals surface area contributed by atoms with E-state index in [1.54, 1.807) is 7.11 Å². The lowest BCUT2D eigenvalue weighted by atomic mass is 9.95. The van der Waals surface area contributed by atoms with Crippen LogP contribution in [0.15, 0.2) is 48.5 Å². The maximum atomic E-state index is 13.3. The van der Waals surface area contributed by atoms with Crippen LogP contribution in [0.1, 0.15) is 61.1 Å². The molecule has 0 N–H and O–H groups in total. The molecule has 2 aromatic carbocycles. The smallest absolute Gasteiger partial charge is 0.261 e. The van der Waals surface area contributed by atoms with Gasteiger partial charge in [0, 0.05) is 12.1 Å². The number of hydrogen-bond donors (Lipinski definition) is 0. The molecule has 3 aromatic rings. The second-order valence-corrected chi connectivity index (χ2v) is 8.37. The average Bonchev–Trinajstić information content (AvgIpc) is 3.28. The number of para-hydroxylation sites is 1. The third-order valence-corrected chi connectivity index (χ3v) is 6.39. The molecular formula is C24H27N5O3. The molecule has 8 heteroatoms. The lowest BCUT2D eigenvalue weighted by molar-refractivity contribution is -0.135. The van der Waals surface area contributed by atoms with Gasteiger partial charge in [0.15, 0.2) is 12.4 Å². The van der Waals surface area contributed by atoms with E-state index < -0.39 is 6.04 Å². The van der Waals surface area contributed by atoms with Gasteiger partial charge in [-0.1, -0.05) is 49.6 Å². The Hall–Kier alpha value is -3.42. The van der Waals surface area contributed by atoms with E-state index in [0.717, 1.165) is 29.7 Å². The lowest BCUT2D eigenvalue weighted by Gasteiger charge is -2.31. The summed E-state index contributed by atoms with van der Waals surface area (Å²) in [5.41, 5.74) is 1.90. The number of nitrogens with zero attached hydrogens (tertiary/aromatic N) is 5. The highest BCUT2D eigenvalue weighted by molar-refractivity contribution is 5.79. The molecule has 0 spiro atoms. The van der Waals surface area contributed by atoms with E-state index in [1.807, 2.05) is 58.1 Å². The molecule has 32 heavy (non-hydrogen) atoms. The van der Waals surface area contributed by atoms with Crippen molar-refractivity contribution in [2.45, 2.75) is 50.7 Å². The summed E-state index contributed by atoms with van der Waals surface area (Å²) in [5.74, 6) is 2.07. The number of benzene rings is 2. The number of aromatic nitrogens is 4. The summed E-state index contributed by atoms with van der Waals surface area (Å²) < 4.78 is 13.1. The molecule has 5 rings (SSSR count).